The summed E-state index contributed by atoms with van der Waals surface area (Å²) in [6, 6.07) is 8.02. The Morgan fingerprint density at radius 3 is 2.79 bits per heavy atom. The number of hydrogen-bond donors (Lipinski definition) is 2. The molecule has 2 N–H and O–H groups in total. The van der Waals surface area contributed by atoms with Gasteiger partial charge in [-0.2, -0.15) is 5.10 Å². The highest BCUT2D eigenvalue weighted by molar-refractivity contribution is 5.91. The van der Waals surface area contributed by atoms with Gasteiger partial charge < -0.3 is 10.4 Å². The van der Waals surface area contributed by atoms with E-state index in [2.05, 4.69) is 10.4 Å². The van der Waals surface area contributed by atoms with Crippen LogP contribution in [0, 0.1) is 12.7 Å². The Balaban J connectivity index is 1.71. The Kier molecular flexibility index (Phi) is 4.92. The lowest BCUT2D eigenvalue weighted by Gasteiger charge is -2.28. The summed E-state index contributed by atoms with van der Waals surface area (Å²) in [6.45, 7) is 3.42. The van der Waals surface area contributed by atoms with Gasteiger partial charge in [-0.05, 0) is 31.9 Å². The molecular weight excluding hydrogens is 311 g/mol. The largest absolute Gasteiger partial charge is 0.393 e. The van der Waals surface area contributed by atoms with Crippen LogP contribution in [0.3, 0.4) is 0 Å². The van der Waals surface area contributed by atoms with Crippen LogP contribution in [-0.4, -0.2) is 51.4 Å². The van der Waals surface area contributed by atoms with Crippen LogP contribution in [0.15, 0.2) is 30.3 Å². The Hall–Kier alpha value is -2.25. The number of carbonyl (C=O) groups is 1. The summed E-state index contributed by atoms with van der Waals surface area (Å²) >= 11 is 0. The third-order valence-electron chi connectivity index (χ3n) is 4.10. The van der Waals surface area contributed by atoms with E-state index in [1.165, 1.54) is 10.7 Å². The first-order chi connectivity index (χ1) is 11.5. The third-order valence-corrected chi connectivity index (χ3v) is 4.10. The highest BCUT2D eigenvalue weighted by atomic mass is 19.1. The molecule has 0 aliphatic carbocycles. The first-order valence-corrected chi connectivity index (χ1v) is 8.05. The Morgan fingerprint density at radius 2 is 2.08 bits per heavy atom. The van der Waals surface area contributed by atoms with Crippen molar-refractivity contribution in [2.45, 2.75) is 25.9 Å². The van der Waals surface area contributed by atoms with Crippen LogP contribution in [-0.2, 0) is 4.79 Å². The van der Waals surface area contributed by atoms with Crippen LogP contribution in [0.5, 0.6) is 0 Å². The molecule has 0 saturated carbocycles. The van der Waals surface area contributed by atoms with Crippen molar-refractivity contribution in [1.82, 2.24) is 14.7 Å². The molecule has 1 aromatic carbocycles. The van der Waals surface area contributed by atoms with Crippen LogP contribution in [0.2, 0.25) is 0 Å². The van der Waals surface area contributed by atoms with E-state index in [0.29, 0.717) is 43.1 Å². The number of rotatable bonds is 4. The lowest BCUT2D eigenvalue weighted by molar-refractivity contribution is -0.117. The van der Waals surface area contributed by atoms with E-state index in [1.54, 1.807) is 31.2 Å². The number of likely N-dealkylation sites (tertiary alicyclic amines) is 1. The standard InChI is InChI=1S/C17H21FN4O2/c1-12-10-16(22(20-12)15-5-3-2-4-14(15)18)19-17(24)11-21-8-6-13(23)7-9-21/h2-5,10,13,23H,6-9,11H2,1H3,(H,19,24). The van der Waals surface area contributed by atoms with Gasteiger partial charge in [0.15, 0.2) is 0 Å². The molecule has 1 amide bonds. The molecule has 0 radical (unpaired) electrons. The Bertz CT molecular complexity index is 723. The number of aliphatic hydroxyl groups excluding tert-OH is 1. The Labute approximate surface area is 139 Å². The minimum Gasteiger partial charge on any atom is -0.393 e. The summed E-state index contributed by atoms with van der Waals surface area (Å²) in [6.07, 6.45) is 1.09. The van der Waals surface area contributed by atoms with E-state index in [9.17, 15) is 14.3 Å². The molecule has 1 aromatic heterocycles. The lowest BCUT2D eigenvalue weighted by atomic mass is 10.1. The summed E-state index contributed by atoms with van der Waals surface area (Å²) < 4.78 is 15.4. The van der Waals surface area contributed by atoms with E-state index >= 15 is 0 Å². The van der Waals surface area contributed by atoms with Crippen LogP contribution in [0.1, 0.15) is 18.5 Å². The number of nitrogens with zero attached hydrogens (tertiary/aromatic N) is 3. The summed E-state index contributed by atoms with van der Waals surface area (Å²) in [4.78, 5) is 14.3. The van der Waals surface area contributed by atoms with Crippen LogP contribution >= 0.6 is 0 Å². The smallest absolute Gasteiger partial charge is 0.239 e. The molecule has 0 bridgehead atoms. The summed E-state index contributed by atoms with van der Waals surface area (Å²) in [5, 5.41) is 16.6. The molecular formula is C17H21FN4O2. The molecule has 7 heteroatoms. The molecule has 1 aliphatic rings. The average molecular weight is 332 g/mol. The van der Waals surface area contributed by atoms with Crippen molar-refractivity contribution in [1.29, 1.82) is 0 Å². The maximum absolute atomic E-state index is 14.0. The van der Waals surface area contributed by atoms with Gasteiger partial charge in [-0.15, -0.1) is 0 Å². The molecule has 1 aliphatic heterocycles. The van der Waals surface area contributed by atoms with Crippen molar-refractivity contribution >= 4 is 11.7 Å². The van der Waals surface area contributed by atoms with Crippen molar-refractivity contribution in [3.05, 3.63) is 41.8 Å². The first-order valence-electron chi connectivity index (χ1n) is 8.05. The fourth-order valence-electron chi connectivity index (χ4n) is 2.86. The number of aliphatic hydroxyl groups is 1. The number of nitrogens with one attached hydrogen (secondary N) is 1. The van der Waals surface area contributed by atoms with Gasteiger partial charge in [-0.3, -0.25) is 9.69 Å². The van der Waals surface area contributed by atoms with Crippen molar-refractivity contribution < 1.29 is 14.3 Å². The summed E-state index contributed by atoms with van der Waals surface area (Å²) in [7, 11) is 0. The molecule has 2 heterocycles. The number of benzene rings is 1. The highest BCUT2D eigenvalue weighted by Crippen LogP contribution is 2.19. The second kappa shape index (κ2) is 7.11. The quantitative estimate of drug-likeness (QED) is 0.894. The zero-order chi connectivity index (χ0) is 17.1. The highest BCUT2D eigenvalue weighted by Gasteiger charge is 2.20. The molecule has 1 saturated heterocycles. The fraction of sp³-hybridized carbons (Fsp3) is 0.412. The minimum atomic E-state index is -0.402. The van der Waals surface area contributed by atoms with Gasteiger partial charge in [0.1, 0.15) is 17.3 Å². The SMILES string of the molecule is Cc1cc(NC(=O)CN2CCC(O)CC2)n(-c2ccccc2F)n1. The summed E-state index contributed by atoms with van der Waals surface area (Å²) in [5.74, 6) is -0.135. The lowest BCUT2D eigenvalue weighted by Crippen LogP contribution is -2.40. The number of halogens is 1. The van der Waals surface area contributed by atoms with Gasteiger partial charge in [0, 0.05) is 19.2 Å². The topological polar surface area (TPSA) is 70.4 Å². The van der Waals surface area contributed by atoms with Gasteiger partial charge in [-0.25, -0.2) is 9.07 Å². The predicted octanol–water partition coefficient (Wildman–Crippen LogP) is 1.72. The molecule has 2 aromatic rings. The average Bonchev–Trinajstić information content (AvgIpc) is 2.90. The number of aryl methyl sites for hydroxylation is 1. The van der Waals surface area contributed by atoms with Gasteiger partial charge in [0.2, 0.25) is 5.91 Å². The van der Waals surface area contributed by atoms with Gasteiger partial charge in [-0.1, -0.05) is 12.1 Å². The zero-order valence-electron chi connectivity index (χ0n) is 13.6. The number of aromatic nitrogens is 2. The van der Waals surface area contributed by atoms with E-state index in [1.807, 2.05) is 4.90 Å². The minimum absolute atomic E-state index is 0.177. The molecule has 6 nitrogen and oxygen atoms in total. The third kappa shape index (κ3) is 3.80. The molecule has 0 spiro atoms. The van der Waals surface area contributed by atoms with Crippen molar-refractivity contribution in [2.24, 2.45) is 0 Å². The number of hydrogen-bond acceptors (Lipinski definition) is 4. The van der Waals surface area contributed by atoms with E-state index in [0.717, 1.165) is 0 Å². The molecule has 128 valence electrons. The number of piperidine rings is 1. The second-order valence-corrected chi connectivity index (χ2v) is 6.09. The monoisotopic (exact) mass is 332 g/mol. The molecule has 1 fully saturated rings. The molecule has 3 rings (SSSR count). The van der Waals surface area contributed by atoms with Gasteiger partial charge >= 0.3 is 0 Å². The molecule has 0 unspecified atom stereocenters. The normalized spacial score (nSPS) is 16.3. The maximum atomic E-state index is 14.0. The number of anilines is 1. The van der Waals surface area contributed by atoms with Gasteiger partial charge in [0.05, 0.1) is 18.3 Å². The van der Waals surface area contributed by atoms with E-state index in [4.69, 9.17) is 0 Å². The van der Waals surface area contributed by atoms with Gasteiger partial charge in [0.25, 0.3) is 0 Å². The molecule has 0 atom stereocenters. The fourth-order valence-corrected chi connectivity index (χ4v) is 2.86. The van der Waals surface area contributed by atoms with E-state index < -0.39 is 5.82 Å². The van der Waals surface area contributed by atoms with Crippen LogP contribution in [0.4, 0.5) is 10.2 Å². The first kappa shape index (κ1) is 16.6. The molecule has 24 heavy (non-hydrogen) atoms. The summed E-state index contributed by atoms with van der Waals surface area (Å²) in [5.41, 5.74) is 0.983. The second-order valence-electron chi connectivity index (χ2n) is 6.09. The zero-order valence-corrected chi connectivity index (χ0v) is 13.6. The van der Waals surface area contributed by atoms with Crippen molar-refractivity contribution in [2.75, 3.05) is 25.0 Å². The number of para-hydroxylation sites is 1. The predicted molar refractivity (Wildman–Crippen MR) is 88.6 cm³/mol. The van der Waals surface area contributed by atoms with Crippen LogP contribution < -0.4 is 5.32 Å². The van der Waals surface area contributed by atoms with Crippen LogP contribution in [0.25, 0.3) is 5.69 Å². The number of carbonyl (C=O) groups excluding carboxylic acids is 1. The van der Waals surface area contributed by atoms with E-state index in [-0.39, 0.29) is 18.6 Å². The number of amides is 1. The van der Waals surface area contributed by atoms with Crippen molar-refractivity contribution in [3.63, 3.8) is 0 Å². The maximum Gasteiger partial charge on any atom is 0.239 e. The Morgan fingerprint density at radius 1 is 1.38 bits per heavy atom. The van der Waals surface area contributed by atoms with Crippen molar-refractivity contribution in [3.8, 4) is 5.69 Å².